The van der Waals surface area contributed by atoms with E-state index >= 15 is 0 Å². The number of carbonyl (C=O) groups excluding carboxylic acids is 1. The van der Waals surface area contributed by atoms with Crippen molar-refractivity contribution in [2.45, 2.75) is 25.5 Å². The molecule has 4 rings (SSSR count). The van der Waals surface area contributed by atoms with Gasteiger partial charge >= 0.3 is 0 Å². The quantitative estimate of drug-likeness (QED) is 0.372. The standard InChI is InChI=1S/C24H22N4O2S/c1-16-10-11-19(13-17(16)2)28-23(30)20-8-3-4-9-21(20)27-24(28)31-15-22(29)26-14-18-7-5-6-12-25-18/h3-13H,14-15H2,1-2H3,(H,26,29). The zero-order chi connectivity index (χ0) is 21.8. The van der Waals surface area contributed by atoms with Gasteiger partial charge < -0.3 is 5.32 Å². The minimum atomic E-state index is -0.148. The maximum Gasteiger partial charge on any atom is 0.266 e. The first-order valence-corrected chi connectivity index (χ1v) is 10.9. The summed E-state index contributed by atoms with van der Waals surface area (Å²) < 4.78 is 1.59. The van der Waals surface area contributed by atoms with Crippen LogP contribution in [-0.2, 0) is 11.3 Å². The van der Waals surface area contributed by atoms with Gasteiger partial charge in [0.25, 0.3) is 5.56 Å². The third-order valence-electron chi connectivity index (χ3n) is 5.02. The number of hydrogen-bond donors (Lipinski definition) is 1. The summed E-state index contributed by atoms with van der Waals surface area (Å²) in [7, 11) is 0. The van der Waals surface area contributed by atoms with E-state index in [0.29, 0.717) is 22.6 Å². The van der Waals surface area contributed by atoms with Crippen LogP contribution in [0.15, 0.2) is 76.8 Å². The van der Waals surface area contributed by atoms with Crippen LogP contribution in [0, 0.1) is 13.8 Å². The van der Waals surface area contributed by atoms with E-state index in [9.17, 15) is 9.59 Å². The number of nitrogens with one attached hydrogen (secondary N) is 1. The number of carbonyl (C=O) groups is 1. The Balaban J connectivity index is 1.63. The number of benzene rings is 2. The Morgan fingerprint density at radius 2 is 1.84 bits per heavy atom. The molecular weight excluding hydrogens is 408 g/mol. The van der Waals surface area contributed by atoms with Crippen LogP contribution in [0.4, 0.5) is 0 Å². The zero-order valence-electron chi connectivity index (χ0n) is 17.3. The van der Waals surface area contributed by atoms with Crippen LogP contribution in [0.5, 0.6) is 0 Å². The molecule has 2 heterocycles. The van der Waals surface area contributed by atoms with Gasteiger partial charge in [-0.05, 0) is 61.4 Å². The Morgan fingerprint density at radius 3 is 2.61 bits per heavy atom. The molecule has 7 heteroatoms. The Morgan fingerprint density at radius 1 is 1.03 bits per heavy atom. The van der Waals surface area contributed by atoms with E-state index in [0.717, 1.165) is 22.5 Å². The highest BCUT2D eigenvalue weighted by Gasteiger charge is 2.15. The third kappa shape index (κ3) is 4.67. The lowest BCUT2D eigenvalue weighted by Crippen LogP contribution is -2.26. The Labute approximate surface area is 184 Å². The van der Waals surface area contributed by atoms with Crippen molar-refractivity contribution in [3.8, 4) is 5.69 Å². The summed E-state index contributed by atoms with van der Waals surface area (Å²) in [6.07, 6.45) is 1.69. The predicted molar refractivity (Wildman–Crippen MR) is 124 cm³/mol. The highest BCUT2D eigenvalue weighted by molar-refractivity contribution is 7.99. The largest absolute Gasteiger partial charge is 0.350 e. The van der Waals surface area contributed by atoms with Crippen molar-refractivity contribution in [2.75, 3.05) is 5.75 Å². The van der Waals surface area contributed by atoms with E-state index in [1.54, 1.807) is 16.8 Å². The zero-order valence-corrected chi connectivity index (χ0v) is 18.1. The van der Waals surface area contributed by atoms with Gasteiger partial charge in [0.2, 0.25) is 5.91 Å². The lowest BCUT2D eigenvalue weighted by Gasteiger charge is -2.14. The fraction of sp³-hybridized carbons (Fsp3) is 0.167. The molecule has 0 aliphatic rings. The second-order valence-electron chi connectivity index (χ2n) is 7.21. The lowest BCUT2D eigenvalue weighted by atomic mass is 10.1. The molecule has 0 unspecified atom stereocenters. The maximum atomic E-state index is 13.3. The molecule has 0 bridgehead atoms. The van der Waals surface area contributed by atoms with Crippen molar-refractivity contribution in [2.24, 2.45) is 0 Å². The average Bonchev–Trinajstić information content (AvgIpc) is 2.79. The number of hydrogen-bond acceptors (Lipinski definition) is 5. The number of fused-ring (bicyclic) bond motifs is 1. The van der Waals surface area contributed by atoms with E-state index in [4.69, 9.17) is 0 Å². The van der Waals surface area contributed by atoms with Crippen molar-refractivity contribution < 1.29 is 4.79 Å². The van der Waals surface area contributed by atoms with E-state index in [1.165, 1.54) is 11.8 Å². The highest BCUT2D eigenvalue weighted by atomic mass is 32.2. The Bertz CT molecular complexity index is 1300. The van der Waals surface area contributed by atoms with Crippen LogP contribution in [0.3, 0.4) is 0 Å². The van der Waals surface area contributed by atoms with Crippen molar-refractivity contribution >= 4 is 28.6 Å². The molecule has 0 radical (unpaired) electrons. The molecule has 0 fully saturated rings. The summed E-state index contributed by atoms with van der Waals surface area (Å²) in [6.45, 7) is 4.40. The molecule has 6 nitrogen and oxygen atoms in total. The van der Waals surface area contributed by atoms with E-state index in [1.807, 2.05) is 68.4 Å². The number of amides is 1. The van der Waals surface area contributed by atoms with Gasteiger partial charge in [-0.15, -0.1) is 0 Å². The molecule has 0 aliphatic heterocycles. The summed E-state index contributed by atoms with van der Waals surface area (Å²) in [6, 6.07) is 18.7. The number of para-hydroxylation sites is 1. The first-order valence-electron chi connectivity index (χ1n) is 9.92. The number of nitrogens with zero attached hydrogens (tertiary/aromatic N) is 3. The molecular formula is C24H22N4O2S. The van der Waals surface area contributed by atoms with Gasteiger partial charge in [0.05, 0.1) is 34.6 Å². The van der Waals surface area contributed by atoms with Gasteiger partial charge in [-0.3, -0.25) is 19.1 Å². The van der Waals surface area contributed by atoms with E-state index < -0.39 is 0 Å². The molecule has 4 aromatic rings. The monoisotopic (exact) mass is 430 g/mol. The topological polar surface area (TPSA) is 76.9 Å². The van der Waals surface area contributed by atoms with E-state index in [2.05, 4.69) is 15.3 Å². The summed E-state index contributed by atoms with van der Waals surface area (Å²) in [5.41, 5.74) is 4.23. The van der Waals surface area contributed by atoms with Gasteiger partial charge in [-0.25, -0.2) is 4.98 Å². The van der Waals surface area contributed by atoms with Gasteiger partial charge in [0.15, 0.2) is 5.16 Å². The second-order valence-corrected chi connectivity index (χ2v) is 8.15. The van der Waals surface area contributed by atoms with Gasteiger partial charge in [-0.1, -0.05) is 36.0 Å². The molecule has 2 aromatic heterocycles. The number of aryl methyl sites for hydroxylation is 2. The summed E-state index contributed by atoms with van der Waals surface area (Å²) in [5.74, 6) is -0.00710. The predicted octanol–water partition coefficient (Wildman–Crippen LogP) is 3.81. The molecule has 0 saturated heterocycles. The van der Waals surface area contributed by atoms with Gasteiger partial charge in [-0.2, -0.15) is 0 Å². The van der Waals surface area contributed by atoms with Crippen molar-refractivity contribution in [1.82, 2.24) is 19.9 Å². The molecule has 0 aliphatic carbocycles. The fourth-order valence-electron chi connectivity index (χ4n) is 3.17. The minimum absolute atomic E-state index is 0.141. The molecule has 156 valence electrons. The maximum absolute atomic E-state index is 13.3. The number of thioether (sulfide) groups is 1. The van der Waals surface area contributed by atoms with E-state index in [-0.39, 0.29) is 17.2 Å². The molecule has 0 spiro atoms. The SMILES string of the molecule is Cc1ccc(-n2c(SCC(=O)NCc3ccccn3)nc3ccccc3c2=O)cc1C. The first kappa shape index (κ1) is 20.8. The van der Waals surface area contributed by atoms with Crippen LogP contribution < -0.4 is 10.9 Å². The molecule has 31 heavy (non-hydrogen) atoms. The first-order chi connectivity index (χ1) is 15.0. The second kappa shape index (κ2) is 9.14. The minimum Gasteiger partial charge on any atom is -0.350 e. The highest BCUT2D eigenvalue weighted by Crippen LogP contribution is 2.22. The van der Waals surface area contributed by atoms with Crippen LogP contribution in [-0.4, -0.2) is 26.2 Å². The van der Waals surface area contributed by atoms with Crippen molar-refractivity contribution in [1.29, 1.82) is 0 Å². The van der Waals surface area contributed by atoms with Crippen LogP contribution in [0.1, 0.15) is 16.8 Å². The summed E-state index contributed by atoms with van der Waals surface area (Å²) in [5, 5.41) is 3.89. The van der Waals surface area contributed by atoms with Crippen LogP contribution >= 0.6 is 11.8 Å². The molecule has 0 saturated carbocycles. The van der Waals surface area contributed by atoms with Crippen molar-refractivity contribution in [3.05, 3.63) is 94.0 Å². The van der Waals surface area contributed by atoms with Crippen molar-refractivity contribution in [3.63, 3.8) is 0 Å². The molecule has 2 aromatic carbocycles. The number of aromatic nitrogens is 3. The molecule has 1 N–H and O–H groups in total. The van der Waals surface area contributed by atoms with Crippen LogP contribution in [0.2, 0.25) is 0 Å². The molecule has 0 atom stereocenters. The summed E-state index contributed by atoms with van der Waals surface area (Å²) in [4.78, 5) is 34.6. The fourth-order valence-corrected chi connectivity index (χ4v) is 4.02. The number of rotatable bonds is 6. The smallest absolute Gasteiger partial charge is 0.266 e. The Kier molecular flexibility index (Phi) is 6.13. The Hall–Kier alpha value is -3.45. The van der Waals surface area contributed by atoms with Crippen LogP contribution in [0.25, 0.3) is 16.6 Å². The number of pyridine rings is 1. The van der Waals surface area contributed by atoms with Gasteiger partial charge in [0.1, 0.15) is 0 Å². The summed E-state index contributed by atoms with van der Waals surface area (Å²) >= 11 is 1.24. The molecule has 1 amide bonds. The average molecular weight is 431 g/mol. The van der Waals surface area contributed by atoms with Gasteiger partial charge in [0, 0.05) is 6.20 Å². The normalized spacial score (nSPS) is 10.9. The lowest BCUT2D eigenvalue weighted by molar-refractivity contribution is -0.118. The third-order valence-corrected chi connectivity index (χ3v) is 5.96.